The first-order valence-corrected chi connectivity index (χ1v) is 6.63. The fraction of sp³-hybridized carbons (Fsp3) is 0.250. The smallest absolute Gasteiger partial charge is 0.129 e. The van der Waals surface area contributed by atoms with E-state index in [4.69, 9.17) is 5.73 Å². The Hall–Kier alpha value is -1.91. The van der Waals surface area contributed by atoms with Crippen LogP contribution in [0, 0.1) is 5.82 Å². The van der Waals surface area contributed by atoms with E-state index in [2.05, 4.69) is 0 Å². The first kappa shape index (κ1) is 14.5. The second kappa shape index (κ2) is 7.03. The van der Waals surface area contributed by atoms with Crippen LogP contribution in [0.4, 0.5) is 10.1 Å². The molecule has 0 saturated heterocycles. The van der Waals surface area contributed by atoms with E-state index in [9.17, 15) is 9.50 Å². The number of hydrogen-bond donors (Lipinski definition) is 2. The van der Waals surface area contributed by atoms with Gasteiger partial charge in [0.2, 0.25) is 0 Å². The van der Waals surface area contributed by atoms with Crippen molar-refractivity contribution in [3.8, 4) is 0 Å². The molecule has 0 spiro atoms. The van der Waals surface area contributed by atoms with Crippen molar-refractivity contribution in [1.29, 1.82) is 0 Å². The summed E-state index contributed by atoms with van der Waals surface area (Å²) >= 11 is 0. The molecule has 0 aromatic heterocycles. The van der Waals surface area contributed by atoms with Crippen LogP contribution in [0.3, 0.4) is 0 Å². The molecule has 2 rings (SSSR count). The molecule has 2 aromatic rings. The summed E-state index contributed by atoms with van der Waals surface area (Å²) in [5, 5.41) is 9.19. The van der Waals surface area contributed by atoms with E-state index in [0.717, 1.165) is 11.3 Å². The van der Waals surface area contributed by atoms with Gasteiger partial charge >= 0.3 is 0 Å². The SMILES string of the molecule is NCc1ccc(N(CCO)Cc2ccccc2)cc1F. The van der Waals surface area contributed by atoms with Crippen LogP contribution in [-0.4, -0.2) is 18.3 Å². The van der Waals surface area contributed by atoms with Crippen molar-refractivity contribution in [2.45, 2.75) is 13.1 Å². The Morgan fingerprint density at radius 2 is 1.85 bits per heavy atom. The largest absolute Gasteiger partial charge is 0.395 e. The van der Waals surface area contributed by atoms with Crippen molar-refractivity contribution in [2.24, 2.45) is 5.73 Å². The van der Waals surface area contributed by atoms with E-state index in [1.165, 1.54) is 6.07 Å². The molecule has 0 aliphatic rings. The summed E-state index contributed by atoms with van der Waals surface area (Å²) in [4.78, 5) is 1.94. The first-order valence-electron chi connectivity index (χ1n) is 6.63. The van der Waals surface area contributed by atoms with Gasteiger partial charge in [-0.05, 0) is 17.7 Å². The van der Waals surface area contributed by atoms with Gasteiger partial charge in [0.1, 0.15) is 5.82 Å². The van der Waals surface area contributed by atoms with Crippen molar-refractivity contribution in [3.05, 3.63) is 65.5 Å². The van der Waals surface area contributed by atoms with Crippen molar-refractivity contribution < 1.29 is 9.50 Å². The van der Waals surface area contributed by atoms with Gasteiger partial charge in [-0.15, -0.1) is 0 Å². The topological polar surface area (TPSA) is 49.5 Å². The molecular weight excluding hydrogens is 255 g/mol. The van der Waals surface area contributed by atoms with Gasteiger partial charge in [0.05, 0.1) is 6.61 Å². The monoisotopic (exact) mass is 274 g/mol. The van der Waals surface area contributed by atoms with Crippen molar-refractivity contribution in [3.63, 3.8) is 0 Å². The molecule has 0 saturated carbocycles. The van der Waals surface area contributed by atoms with Crippen LogP contribution in [0.15, 0.2) is 48.5 Å². The summed E-state index contributed by atoms with van der Waals surface area (Å²) in [5.41, 5.74) is 7.83. The zero-order valence-corrected chi connectivity index (χ0v) is 11.3. The third-order valence-electron chi connectivity index (χ3n) is 3.21. The van der Waals surface area contributed by atoms with Crippen LogP contribution in [0.1, 0.15) is 11.1 Å². The van der Waals surface area contributed by atoms with Gasteiger partial charge in [0.25, 0.3) is 0 Å². The Balaban J connectivity index is 2.22. The Labute approximate surface area is 118 Å². The van der Waals surface area contributed by atoms with Gasteiger partial charge in [-0.25, -0.2) is 4.39 Å². The van der Waals surface area contributed by atoms with Crippen molar-refractivity contribution in [1.82, 2.24) is 0 Å². The van der Waals surface area contributed by atoms with Crippen LogP contribution in [-0.2, 0) is 13.1 Å². The number of hydrogen-bond acceptors (Lipinski definition) is 3. The maximum Gasteiger partial charge on any atom is 0.129 e. The summed E-state index contributed by atoms with van der Waals surface area (Å²) in [7, 11) is 0. The van der Waals surface area contributed by atoms with Gasteiger partial charge in [0, 0.05) is 30.9 Å². The molecule has 0 aliphatic carbocycles. The standard InChI is InChI=1S/C16H19FN2O/c17-16-10-15(7-6-14(16)11-18)19(8-9-20)12-13-4-2-1-3-5-13/h1-7,10,20H,8-9,11-12,18H2. The molecule has 0 aliphatic heterocycles. The van der Waals surface area contributed by atoms with Crippen molar-refractivity contribution in [2.75, 3.05) is 18.1 Å². The number of benzene rings is 2. The minimum Gasteiger partial charge on any atom is -0.395 e. The van der Waals surface area contributed by atoms with E-state index in [0.29, 0.717) is 18.7 Å². The van der Waals surface area contributed by atoms with E-state index in [-0.39, 0.29) is 19.0 Å². The lowest BCUT2D eigenvalue weighted by Gasteiger charge is -2.24. The second-order valence-electron chi connectivity index (χ2n) is 4.61. The van der Waals surface area contributed by atoms with Crippen LogP contribution >= 0.6 is 0 Å². The predicted octanol–water partition coefficient (Wildman–Crippen LogP) is 2.28. The van der Waals surface area contributed by atoms with Gasteiger partial charge < -0.3 is 15.7 Å². The summed E-state index contributed by atoms with van der Waals surface area (Å²) < 4.78 is 13.8. The van der Waals surface area contributed by atoms with E-state index >= 15 is 0 Å². The molecule has 4 heteroatoms. The Morgan fingerprint density at radius 3 is 2.45 bits per heavy atom. The first-order chi connectivity index (χ1) is 9.74. The second-order valence-corrected chi connectivity index (χ2v) is 4.61. The third kappa shape index (κ3) is 3.56. The number of nitrogens with two attached hydrogens (primary N) is 1. The molecule has 0 unspecified atom stereocenters. The van der Waals surface area contributed by atoms with Gasteiger partial charge in [0.15, 0.2) is 0 Å². The molecule has 0 fully saturated rings. The van der Waals surface area contributed by atoms with E-state index in [1.54, 1.807) is 6.07 Å². The molecule has 0 bridgehead atoms. The zero-order chi connectivity index (χ0) is 14.4. The average molecular weight is 274 g/mol. The Morgan fingerprint density at radius 1 is 1.10 bits per heavy atom. The number of halogens is 1. The summed E-state index contributed by atoms with van der Waals surface area (Å²) in [6, 6.07) is 14.9. The molecule has 0 amide bonds. The zero-order valence-electron chi connectivity index (χ0n) is 11.3. The van der Waals surface area contributed by atoms with Crippen LogP contribution in [0.5, 0.6) is 0 Å². The lowest BCUT2D eigenvalue weighted by atomic mass is 10.1. The number of nitrogens with zero attached hydrogens (tertiary/aromatic N) is 1. The van der Waals surface area contributed by atoms with Gasteiger partial charge in [-0.2, -0.15) is 0 Å². The molecule has 2 aromatic carbocycles. The number of anilines is 1. The predicted molar refractivity (Wildman–Crippen MR) is 78.9 cm³/mol. The molecule has 0 radical (unpaired) electrons. The highest BCUT2D eigenvalue weighted by molar-refractivity contribution is 5.49. The molecule has 106 valence electrons. The number of rotatable bonds is 6. The highest BCUT2D eigenvalue weighted by Crippen LogP contribution is 2.20. The fourth-order valence-electron chi connectivity index (χ4n) is 2.12. The molecule has 20 heavy (non-hydrogen) atoms. The lowest BCUT2D eigenvalue weighted by Crippen LogP contribution is -2.26. The Bertz CT molecular complexity index is 545. The van der Waals surface area contributed by atoms with Crippen molar-refractivity contribution >= 4 is 5.69 Å². The molecule has 3 nitrogen and oxygen atoms in total. The molecular formula is C16H19FN2O. The summed E-state index contributed by atoms with van der Waals surface area (Å²) in [5.74, 6) is -0.305. The highest BCUT2D eigenvalue weighted by Gasteiger charge is 2.09. The third-order valence-corrected chi connectivity index (χ3v) is 3.21. The summed E-state index contributed by atoms with van der Waals surface area (Å²) in [6.07, 6.45) is 0. The summed E-state index contributed by atoms with van der Waals surface area (Å²) in [6.45, 7) is 1.29. The van der Waals surface area contributed by atoms with E-state index < -0.39 is 0 Å². The number of aliphatic hydroxyl groups is 1. The average Bonchev–Trinajstić information content (AvgIpc) is 2.48. The fourth-order valence-corrected chi connectivity index (χ4v) is 2.12. The normalized spacial score (nSPS) is 10.6. The van der Waals surface area contributed by atoms with Gasteiger partial charge in [-0.1, -0.05) is 36.4 Å². The lowest BCUT2D eigenvalue weighted by molar-refractivity contribution is 0.301. The number of aliphatic hydroxyl groups excluding tert-OH is 1. The van der Waals surface area contributed by atoms with Gasteiger partial charge in [-0.3, -0.25) is 0 Å². The minimum absolute atomic E-state index is 0.0209. The molecule has 3 N–H and O–H groups in total. The Kier molecular flexibility index (Phi) is 5.09. The minimum atomic E-state index is -0.305. The van der Waals surface area contributed by atoms with Crippen LogP contribution < -0.4 is 10.6 Å². The maximum atomic E-state index is 13.8. The quantitative estimate of drug-likeness (QED) is 0.849. The van der Waals surface area contributed by atoms with Crippen LogP contribution in [0.2, 0.25) is 0 Å². The highest BCUT2D eigenvalue weighted by atomic mass is 19.1. The maximum absolute atomic E-state index is 13.8. The molecule has 0 atom stereocenters. The van der Waals surface area contributed by atoms with Crippen LogP contribution in [0.25, 0.3) is 0 Å². The molecule has 0 heterocycles. The van der Waals surface area contributed by atoms with E-state index in [1.807, 2.05) is 41.3 Å².